The van der Waals surface area contributed by atoms with Crippen molar-refractivity contribution >= 4 is 23.3 Å². The number of anilines is 2. The third-order valence-electron chi connectivity index (χ3n) is 9.13. The lowest BCUT2D eigenvalue weighted by atomic mass is 9.79. The fourth-order valence-corrected chi connectivity index (χ4v) is 6.37. The number of piperidine rings is 1. The van der Waals surface area contributed by atoms with E-state index >= 15 is 0 Å². The Bertz CT molecular complexity index is 1630. The quantitative estimate of drug-likeness (QED) is 0.298. The van der Waals surface area contributed by atoms with Crippen molar-refractivity contribution < 1.29 is 13.5 Å². The van der Waals surface area contributed by atoms with Crippen LogP contribution in [0.3, 0.4) is 0 Å². The highest BCUT2D eigenvalue weighted by Gasteiger charge is 2.36. The molecule has 222 valence electrons. The number of ether oxygens (including phenoxy) is 1. The van der Waals surface area contributed by atoms with Crippen LogP contribution in [0.25, 0.3) is 22.9 Å². The number of alkyl halides is 2. The number of rotatable bonds is 6. The third kappa shape index (κ3) is 5.29. The van der Waals surface area contributed by atoms with Gasteiger partial charge in [-0.1, -0.05) is 31.2 Å². The Labute approximate surface area is 249 Å². The van der Waals surface area contributed by atoms with Crippen molar-refractivity contribution in [2.24, 2.45) is 0 Å². The summed E-state index contributed by atoms with van der Waals surface area (Å²) >= 11 is 0. The van der Waals surface area contributed by atoms with Crippen LogP contribution in [0.4, 0.5) is 20.4 Å². The molecule has 2 aliphatic heterocycles. The number of aromatic amines is 1. The van der Waals surface area contributed by atoms with E-state index in [1.54, 1.807) is 18.5 Å². The van der Waals surface area contributed by atoms with E-state index in [9.17, 15) is 8.78 Å². The molecule has 7 rings (SSSR count). The maximum Gasteiger partial charge on any atom is 0.263 e. The van der Waals surface area contributed by atoms with Crippen molar-refractivity contribution in [3.05, 3.63) is 82.8 Å². The van der Waals surface area contributed by atoms with Crippen LogP contribution < -0.4 is 9.80 Å². The summed E-state index contributed by atoms with van der Waals surface area (Å²) in [7, 11) is 0. The van der Waals surface area contributed by atoms with Gasteiger partial charge < -0.3 is 19.5 Å². The fraction of sp³-hybridized carbons (Fsp3) is 0.394. The van der Waals surface area contributed by atoms with Crippen LogP contribution >= 0.6 is 0 Å². The number of fused-ring (bicyclic) bond motifs is 1. The summed E-state index contributed by atoms with van der Waals surface area (Å²) in [6, 6.07) is 10.7. The number of allylic oxidation sites excluding steroid dienone is 1. The number of halogens is 2. The van der Waals surface area contributed by atoms with Gasteiger partial charge >= 0.3 is 0 Å². The molecule has 43 heavy (non-hydrogen) atoms. The molecule has 0 amide bonds. The molecule has 10 heteroatoms. The van der Waals surface area contributed by atoms with Gasteiger partial charge in [-0.3, -0.25) is 0 Å². The third-order valence-corrected chi connectivity index (χ3v) is 9.13. The van der Waals surface area contributed by atoms with Crippen LogP contribution in [0, 0.1) is 6.92 Å². The Morgan fingerprint density at radius 2 is 1.65 bits per heavy atom. The van der Waals surface area contributed by atoms with Crippen molar-refractivity contribution in [3.63, 3.8) is 0 Å². The van der Waals surface area contributed by atoms with E-state index in [2.05, 4.69) is 44.9 Å². The SMILES string of the molecule is Cc1[nH]c(C2(C)CCN(c3ncnc4c3C=C(c3ccc(N5CCOCC5)nc3)C4)CC2)nc1-c1ccc(C(F)F)cc1. The van der Waals surface area contributed by atoms with Crippen molar-refractivity contribution in [1.29, 1.82) is 0 Å². The molecule has 0 spiro atoms. The number of aryl methyl sites for hydroxylation is 1. The zero-order valence-electron chi connectivity index (χ0n) is 24.5. The van der Waals surface area contributed by atoms with Crippen LogP contribution in [0.15, 0.2) is 48.9 Å². The van der Waals surface area contributed by atoms with Crippen molar-refractivity contribution in [3.8, 4) is 11.3 Å². The highest BCUT2D eigenvalue weighted by atomic mass is 19.3. The number of pyridine rings is 1. The number of imidazole rings is 1. The van der Waals surface area contributed by atoms with E-state index in [4.69, 9.17) is 19.7 Å². The monoisotopic (exact) mass is 583 g/mol. The molecule has 0 unspecified atom stereocenters. The smallest absolute Gasteiger partial charge is 0.263 e. The first-order valence-electron chi connectivity index (χ1n) is 14.9. The maximum absolute atomic E-state index is 13.0. The predicted molar refractivity (Wildman–Crippen MR) is 163 cm³/mol. The average molecular weight is 584 g/mol. The summed E-state index contributed by atoms with van der Waals surface area (Å²) in [6.45, 7) is 9.15. The van der Waals surface area contributed by atoms with Crippen LogP contribution in [0.5, 0.6) is 0 Å². The van der Waals surface area contributed by atoms with E-state index in [-0.39, 0.29) is 11.0 Å². The molecular weight excluding hydrogens is 548 g/mol. The van der Waals surface area contributed by atoms with Gasteiger partial charge in [0.1, 0.15) is 23.8 Å². The number of nitrogens with one attached hydrogen (secondary N) is 1. The number of hydrogen-bond acceptors (Lipinski definition) is 7. The Balaban J connectivity index is 1.06. The highest BCUT2D eigenvalue weighted by molar-refractivity contribution is 5.91. The Hall–Kier alpha value is -4.18. The van der Waals surface area contributed by atoms with Crippen molar-refractivity contribution in [2.45, 2.75) is 45.0 Å². The van der Waals surface area contributed by atoms with Gasteiger partial charge in [-0.2, -0.15) is 0 Å². The molecule has 0 radical (unpaired) electrons. The summed E-state index contributed by atoms with van der Waals surface area (Å²) in [5.41, 5.74) is 6.97. The molecule has 8 nitrogen and oxygen atoms in total. The second-order valence-corrected chi connectivity index (χ2v) is 11.9. The maximum atomic E-state index is 13.0. The number of benzene rings is 1. The molecule has 0 saturated carbocycles. The lowest BCUT2D eigenvalue weighted by molar-refractivity contribution is 0.122. The summed E-state index contributed by atoms with van der Waals surface area (Å²) in [6.07, 6.45) is 5.98. The number of nitrogens with zero attached hydrogens (tertiary/aromatic N) is 6. The number of H-pyrrole nitrogens is 1. The first-order valence-corrected chi connectivity index (χ1v) is 14.9. The first kappa shape index (κ1) is 27.6. The van der Waals surface area contributed by atoms with Crippen LogP contribution in [-0.2, 0) is 16.6 Å². The molecule has 3 aliphatic rings. The second kappa shape index (κ2) is 11.1. The zero-order valence-corrected chi connectivity index (χ0v) is 24.5. The zero-order chi connectivity index (χ0) is 29.6. The lowest BCUT2D eigenvalue weighted by Crippen LogP contribution is -2.42. The predicted octanol–water partition coefficient (Wildman–Crippen LogP) is 6.00. The molecule has 0 bridgehead atoms. The average Bonchev–Trinajstić information content (AvgIpc) is 3.66. The van der Waals surface area contributed by atoms with Crippen LogP contribution in [0.2, 0.25) is 0 Å². The minimum absolute atomic E-state index is 0.0213. The topological polar surface area (TPSA) is 83.1 Å². The van der Waals surface area contributed by atoms with Gasteiger partial charge in [0, 0.05) is 66.6 Å². The molecule has 1 aliphatic carbocycles. The van der Waals surface area contributed by atoms with E-state index in [0.717, 1.165) is 110 Å². The van der Waals surface area contributed by atoms with Crippen molar-refractivity contribution in [2.75, 3.05) is 49.2 Å². The van der Waals surface area contributed by atoms with Gasteiger partial charge in [0.15, 0.2) is 0 Å². The first-order chi connectivity index (χ1) is 20.9. The summed E-state index contributed by atoms with van der Waals surface area (Å²) in [5, 5.41) is 0. The van der Waals surface area contributed by atoms with E-state index in [0.29, 0.717) is 0 Å². The minimum atomic E-state index is -2.48. The van der Waals surface area contributed by atoms with Gasteiger partial charge in [-0.25, -0.2) is 28.7 Å². The summed E-state index contributed by atoms with van der Waals surface area (Å²) < 4.78 is 31.5. The van der Waals surface area contributed by atoms with E-state index in [1.807, 2.05) is 13.1 Å². The van der Waals surface area contributed by atoms with Crippen LogP contribution in [-0.4, -0.2) is 64.3 Å². The van der Waals surface area contributed by atoms with Gasteiger partial charge in [-0.05, 0) is 49.1 Å². The molecule has 3 aromatic heterocycles. The minimum Gasteiger partial charge on any atom is -0.378 e. The number of morpholine rings is 1. The molecule has 0 atom stereocenters. The van der Waals surface area contributed by atoms with Crippen LogP contribution in [0.1, 0.15) is 60.1 Å². The lowest BCUT2D eigenvalue weighted by Gasteiger charge is -2.39. The molecule has 2 fully saturated rings. The largest absolute Gasteiger partial charge is 0.378 e. The van der Waals surface area contributed by atoms with Gasteiger partial charge in [0.2, 0.25) is 0 Å². The second-order valence-electron chi connectivity index (χ2n) is 11.9. The van der Waals surface area contributed by atoms with Gasteiger partial charge in [0.05, 0.1) is 24.6 Å². The molecule has 1 aromatic carbocycles. The fourth-order valence-electron chi connectivity index (χ4n) is 6.37. The van der Waals surface area contributed by atoms with Gasteiger partial charge in [-0.15, -0.1) is 0 Å². The van der Waals surface area contributed by atoms with Gasteiger partial charge in [0.25, 0.3) is 6.43 Å². The number of aromatic nitrogens is 5. The normalized spacial score (nSPS) is 18.2. The summed E-state index contributed by atoms with van der Waals surface area (Å²) in [4.78, 5) is 27.2. The Morgan fingerprint density at radius 1 is 0.907 bits per heavy atom. The molecule has 4 aromatic rings. The highest BCUT2D eigenvalue weighted by Crippen LogP contribution is 2.40. The summed E-state index contributed by atoms with van der Waals surface area (Å²) in [5.74, 6) is 2.92. The Morgan fingerprint density at radius 3 is 2.35 bits per heavy atom. The van der Waals surface area contributed by atoms with Crippen molar-refractivity contribution in [1.82, 2.24) is 24.9 Å². The molecule has 1 N–H and O–H groups in total. The Kier molecular flexibility index (Phi) is 7.17. The van der Waals surface area contributed by atoms with E-state index in [1.165, 1.54) is 17.7 Å². The molecule has 5 heterocycles. The standard InChI is InChI=1S/C33H35F2N7O/c1-21-29(22-3-5-23(6-4-22)30(34)35)40-32(39-21)33(2)9-11-42(12-10-33)31-26-17-25(18-27(26)37-20-38-31)24-7-8-28(36-19-24)41-13-15-43-16-14-41/h3-8,17,19-20,30H,9-16,18H2,1-2H3,(H,39,40). The van der Waals surface area contributed by atoms with E-state index < -0.39 is 6.43 Å². The molecule has 2 saturated heterocycles. The molecular formula is C33H35F2N7O. The number of hydrogen-bond donors (Lipinski definition) is 1.